The predicted octanol–water partition coefficient (Wildman–Crippen LogP) is 2.94. The van der Waals surface area contributed by atoms with Crippen molar-refractivity contribution in [3.63, 3.8) is 0 Å². The number of amides is 2. The van der Waals surface area contributed by atoms with Crippen LogP contribution in [0.25, 0.3) is 0 Å². The molecule has 0 radical (unpaired) electrons. The average molecular weight is 337 g/mol. The SMILES string of the molecule is COc1ccc(NC(=O)C2CC2C(=O)N2CCCCC2)cc1Cl. The van der Waals surface area contributed by atoms with Crippen molar-refractivity contribution in [3.05, 3.63) is 23.2 Å². The molecule has 3 rings (SSSR count). The maximum absolute atomic E-state index is 12.4. The minimum atomic E-state index is -0.217. The zero-order valence-corrected chi connectivity index (χ0v) is 13.9. The highest BCUT2D eigenvalue weighted by Gasteiger charge is 2.49. The third-order valence-electron chi connectivity index (χ3n) is 4.53. The first-order valence-corrected chi connectivity index (χ1v) is 8.41. The number of nitrogens with one attached hydrogen (secondary N) is 1. The molecular formula is C17H21ClN2O3. The standard InChI is InChI=1S/C17H21ClN2O3/c1-23-15-6-5-11(9-14(15)18)19-16(21)12-10-13(12)17(22)20-7-3-2-4-8-20/h5-6,9,12-13H,2-4,7-8,10H2,1H3,(H,19,21). The smallest absolute Gasteiger partial charge is 0.228 e. The Kier molecular flexibility index (Phi) is 4.76. The number of anilines is 1. The summed E-state index contributed by atoms with van der Waals surface area (Å²) in [5.74, 6) is 0.223. The van der Waals surface area contributed by atoms with E-state index >= 15 is 0 Å². The molecule has 1 aliphatic carbocycles. The summed E-state index contributed by atoms with van der Waals surface area (Å²) < 4.78 is 5.09. The van der Waals surface area contributed by atoms with Crippen molar-refractivity contribution in [1.82, 2.24) is 4.90 Å². The lowest BCUT2D eigenvalue weighted by Gasteiger charge is -2.26. The molecule has 2 aliphatic rings. The molecule has 2 atom stereocenters. The third kappa shape index (κ3) is 3.61. The van der Waals surface area contributed by atoms with Gasteiger partial charge in [0.25, 0.3) is 0 Å². The quantitative estimate of drug-likeness (QED) is 0.919. The summed E-state index contributed by atoms with van der Waals surface area (Å²) in [7, 11) is 1.54. The van der Waals surface area contributed by atoms with Crippen LogP contribution in [0.4, 0.5) is 5.69 Å². The predicted molar refractivity (Wildman–Crippen MR) is 88.7 cm³/mol. The Morgan fingerprint density at radius 1 is 1.22 bits per heavy atom. The molecule has 0 bridgehead atoms. The van der Waals surface area contributed by atoms with Crippen LogP contribution >= 0.6 is 11.6 Å². The summed E-state index contributed by atoms with van der Waals surface area (Å²) >= 11 is 6.05. The van der Waals surface area contributed by atoms with E-state index in [1.54, 1.807) is 25.3 Å². The summed E-state index contributed by atoms with van der Waals surface area (Å²) in [6, 6.07) is 5.11. The van der Waals surface area contributed by atoms with Gasteiger partial charge >= 0.3 is 0 Å². The van der Waals surface area contributed by atoms with Gasteiger partial charge in [-0.1, -0.05) is 11.6 Å². The van der Waals surface area contributed by atoms with E-state index in [9.17, 15) is 9.59 Å². The van der Waals surface area contributed by atoms with E-state index in [0.717, 1.165) is 25.9 Å². The summed E-state index contributed by atoms with van der Waals surface area (Å²) in [5, 5.41) is 3.28. The Bertz CT molecular complexity index is 614. The highest BCUT2D eigenvalue weighted by Crippen LogP contribution is 2.41. The summed E-state index contributed by atoms with van der Waals surface area (Å²) in [4.78, 5) is 26.6. The summed E-state index contributed by atoms with van der Waals surface area (Å²) in [6.45, 7) is 1.66. The molecule has 2 fully saturated rings. The van der Waals surface area contributed by atoms with E-state index in [0.29, 0.717) is 22.9 Å². The zero-order valence-electron chi connectivity index (χ0n) is 13.2. The fourth-order valence-electron chi connectivity index (χ4n) is 3.09. The fourth-order valence-corrected chi connectivity index (χ4v) is 3.34. The largest absolute Gasteiger partial charge is 0.495 e. The van der Waals surface area contributed by atoms with E-state index in [1.807, 2.05) is 4.90 Å². The van der Waals surface area contributed by atoms with Gasteiger partial charge in [0.15, 0.2) is 0 Å². The van der Waals surface area contributed by atoms with Crippen molar-refractivity contribution in [2.24, 2.45) is 11.8 Å². The van der Waals surface area contributed by atoms with E-state index in [-0.39, 0.29) is 23.7 Å². The van der Waals surface area contributed by atoms with E-state index in [4.69, 9.17) is 16.3 Å². The number of halogens is 1. The number of methoxy groups -OCH3 is 1. The number of ether oxygens (including phenoxy) is 1. The van der Waals surface area contributed by atoms with Gasteiger partial charge in [-0.2, -0.15) is 0 Å². The van der Waals surface area contributed by atoms with Crippen LogP contribution in [-0.4, -0.2) is 36.9 Å². The van der Waals surface area contributed by atoms with Gasteiger partial charge < -0.3 is 15.0 Å². The number of carbonyl (C=O) groups excluding carboxylic acids is 2. The van der Waals surface area contributed by atoms with E-state index in [1.165, 1.54) is 6.42 Å². The average Bonchev–Trinajstić information content (AvgIpc) is 3.36. The molecule has 1 aromatic rings. The number of nitrogens with zero attached hydrogens (tertiary/aromatic N) is 1. The summed E-state index contributed by atoms with van der Waals surface area (Å²) in [5.41, 5.74) is 0.622. The molecule has 2 amide bonds. The molecule has 6 heteroatoms. The lowest BCUT2D eigenvalue weighted by molar-refractivity contribution is -0.134. The lowest BCUT2D eigenvalue weighted by atomic mass is 10.1. The van der Waals surface area contributed by atoms with Gasteiger partial charge in [0, 0.05) is 18.8 Å². The minimum absolute atomic E-state index is 0.110. The molecule has 1 aromatic carbocycles. The molecule has 2 unspecified atom stereocenters. The molecule has 1 saturated carbocycles. The molecule has 5 nitrogen and oxygen atoms in total. The molecular weight excluding hydrogens is 316 g/mol. The highest BCUT2D eigenvalue weighted by atomic mass is 35.5. The number of likely N-dealkylation sites (tertiary alicyclic amines) is 1. The first-order chi connectivity index (χ1) is 11.1. The molecule has 23 heavy (non-hydrogen) atoms. The molecule has 1 saturated heterocycles. The minimum Gasteiger partial charge on any atom is -0.495 e. The van der Waals surface area contributed by atoms with Crippen molar-refractivity contribution in [2.45, 2.75) is 25.7 Å². The number of piperidine rings is 1. The maximum atomic E-state index is 12.4. The first-order valence-electron chi connectivity index (χ1n) is 8.03. The second-order valence-corrected chi connectivity index (χ2v) is 6.58. The van der Waals surface area contributed by atoms with Crippen LogP contribution in [0.3, 0.4) is 0 Å². The monoisotopic (exact) mass is 336 g/mol. The van der Waals surface area contributed by atoms with Crippen molar-refractivity contribution in [1.29, 1.82) is 0 Å². The number of rotatable bonds is 4. The van der Waals surface area contributed by atoms with Gasteiger partial charge in [-0.05, 0) is 43.9 Å². The van der Waals surface area contributed by atoms with Crippen LogP contribution in [0.1, 0.15) is 25.7 Å². The molecule has 1 heterocycles. The van der Waals surface area contributed by atoms with Gasteiger partial charge in [-0.3, -0.25) is 9.59 Å². The van der Waals surface area contributed by atoms with Gasteiger partial charge in [-0.25, -0.2) is 0 Å². The molecule has 0 aromatic heterocycles. The van der Waals surface area contributed by atoms with Gasteiger partial charge in [-0.15, -0.1) is 0 Å². The van der Waals surface area contributed by atoms with Crippen LogP contribution in [0.5, 0.6) is 5.75 Å². The Morgan fingerprint density at radius 3 is 2.61 bits per heavy atom. The number of hydrogen-bond acceptors (Lipinski definition) is 3. The number of carbonyl (C=O) groups is 2. The Labute approximate surface area is 140 Å². The van der Waals surface area contributed by atoms with Gasteiger partial charge in [0.05, 0.1) is 24.0 Å². The van der Waals surface area contributed by atoms with Gasteiger partial charge in [0.2, 0.25) is 11.8 Å². The van der Waals surface area contributed by atoms with Crippen LogP contribution in [0.2, 0.25) is 5.02 Å². The van der Waals surface area contributed by atoms with Crippen molar-refractivity contribution in [2.75, 3.05) is 25.5 Å². The van der Waals surface area contributed by atoms with Crippen LogP contribution in [0.15, 0.2) is 18.2 Å². The Hall–Kier alpha value is -1.75. The van der Waals surface area contributed by atoms with Crippen molar-refractivity contribution >= 4 is 29.1 Å². The first kappa shape index (κ1) is 16.1. The molecule has 124 valence electrons. The molecule has 1 N–H and O–H groups in total. The van der Waals surface area contributed by atoms with E-state index in [2.05, 4.69) is 5.32 Å². The Morgan fingerprint density at radius 2 is 1.96 bits per heavy atom. The normalized spacial score (nSPS) is 23.3. The lowest BCUT2D eigenvalue weighted by Crippen LogP contribution is -2.37. The van der Waals surface area contributed by atoms with Crippen LogP contribution < -0.4 is 10.1 Å². The van der Waals surface area contributed by atoms with Crippen molar-refractivity contribution in [3.8, 4) is 5.75 Å². The zero-order chi connectivity index (χ0) is 16.4. The number of benzene rings is 1. The highest BCUT2D eigenvalue weighted by molar-refractivity contribution is 6.32. The maximum Gasteiger partial charge on any atom is 0.228 e. The second kappa shape index (κ2) is 6.79. The topological polar surface area (TPSA) is 58.6 Å². The number of hydrogen-bond donors (Lipinski definition) is 1. The van der Waals surface area contributed by atoms with E-state index < -0.39 is 0 Å². The Balaban J connectivity index is 1.55. The van der Waals surface area contributed by atoms with Gasteiger partial charge in [0.1, 0.15) is 5.75 Å². The molecule has 0 spiro atoms. The summed E-state index contributed by atoms with van der Waals surface area (Å²) in [6.07, 6.45) is 3.97. The van der Waals surface area contributed by atoms with Crippen LogP contribution in [-0.2, 0) is 9.59 Å². The van der Waals surface area contributed by atoms with Crippen LogP contribution in [0, 0.1) is 11.8 Å². The second-order valence-electron chi connectivity index (χ2n) is 6.17. The fraction of sp³-hybridized carbons (Fsp3) is 0.529. The third-order valence-corrected chi connectivity index (χ3v) is 4.83. The molecule has 1 aliphatic heterocycles. The van der Waals surface area contributed by atoms with Crippen molar-refractivity contribution < 1.29 is 14.3 Å².